The van der Waals surface area contributed by atoms with Gasteiger partial charge in [-0.15, -0.1) is 0 Å². The fourth-order valence-electron chi connectivity index (χ4n) is 2.27. The molecule has 1 saturated heterocycles. The zero-order valence-electron chi connectivity index (χ0n) is 9.45. The van der Waals surface area contributed by atoms with E-state index in [2.05, 4.69) is 17.0 Å². The molecular formula is C11H21N3O. The maximum absolute atomic E-state index is 8.72. The van der Waals surface area contributed by atoms with Crippen LogP contribution in [-0.4, -0.2) is 35.6 Å². The maximum Gasteiger partial charge on any atom is 0.145 e. The van der Waals surface area contributed by atoms with Crippen molar-refractivity contribution in [3.63, 3.8) is 0 Å². The lowest BCUT2D eigenvalue weighted by molar-refractivity contribution is 0.154. The highest BCUT2D eigenvalue weighted by atomic mass is 16.4. The summed E-state index contributed by atoms with van der Waals surface area (Å²) in [5.41, 5.74) is 5.63. The Bertz CT molecular complexity index is 253. The molecule has 0 aromatic rings. The summed E-state index contributed by atoms with van der Waals surface area (Å²) in [6.45, 7) is 5.52. The molecule has 0 unspecified atom stereocenters. The molecule has 1 aliphatic heterocycles. The molecule has 2 rings (SSSR count). The summed E-state index contributed by atoms with van der Waals surface area (Å²) in [6, 6.07) is 0. The van der Waals surface area contributed by atoms with Gasteiger partial charge in [0.25, 0.3) is 0 Å². The van der Waals surface area contributed by atoms with Crippen LogP contribution in [0.15, 0.2) is 5.16 Å². The number of rotatable bonds is 3. The Labute approximate surface area is 91.1 Å². The number of oxime groups is 1. The molecule has 0 aromatic heterocycles. The Kier molecular flexibility index (Phi) is 2.87. The van der Waals surface area contributed by atoms with Crippen LogP contribution in [0.25, 0.3) is 0 Å². The third kappa shape index (κ3) is 2.43. The van der Waals surface area contributed by atoms with Crippen LogP contribution in [0.1, 0.15) is 32.6 Å². The molecule has 15 heavy (non-hydrogen) atoms. The normalized spacial score (nSPS) is 27.9. The number of piperidine rings is 1. The Morgan fingerprint density at radius 1 is 1.47 bits per heavy atom. The molecule has 3 N–H and O–H groups in total. The van der Waals surface area contributed by atoms with E-state index in [1.165, 1.54) is 19.4 Å². The van der Waals surface area contributed by atoms with Crippen LogP contribution in [0.4, 0.5) is 0 Å². The van der Waals surface area contributed by atoms with Crippen LogP contribution < -0.4 is 5.73 Å². The zero-order valence-corrected chi connectivity index (χ0v) is 9.45. The largest absolute Gasteiger partial charge is 0.409 e. The van der Waals surface area contributed by atoms with Crippen LogP contribution in [-0.2, 0) is 0 Å². The lowest BCUT2D eigenvalue weighted by Crippen LogP contribution is -2.46. The van der Waals surface area contributed by atoms with Gasteiger partial charge in [-0.25, -0.2) is 0 Å². The fraction of sp³-hybridized carbons (Fsp3) is 0.909. The molecular weight excluding hydrogens is 190 g/mol. The molecule has 86 valence electrons. The number of hydrogen-bond donors (Lipinski definition) is 2. The van der Waals surface area contributed by atoms with Crippen molar-refractivity contribution in [2.24, 2.45) is 22.2 Å². The second-order valence-corrected chi connectivity index (χ2v) is 5.29. The molecule has 4 nitrogen and oxygen atoms in total. The number of amidine groups is 1. The molecule has 0 spiro atoms. The van der Waals surface area contributed by atoms with Gasteiger partial charge >= 0.3 is 0 Å². The van der Waals surface area contributed by atoms with Crippen LogP contribution in [0.2, 0.25) is 0 Å². The average molecular weight is 211 g/mol. The highest BCUT2D eigenvalue weighted by molar-refractivity contribution is 5.85. The first-order valence-corrected chi connectivity index (χ1v) is 5.84. The number of likely N-dealkylation sites (tertiary alicyclic amines) is 1. The smallest absolute Gasteiger partial charge is 0.145 e. The predicted octanol–water partition coefficient (Wildman–Crippen LogP) is 1.24. The number of nitrogens with two attached hydrogens (primary N) is 1. The van der Waals surface area contributed by atoms with Crippen molar-refractivity contribution in [2.75, 3.05) is 19.6 Å². The van der Waals surface area contributed by atoms with Crippen LogP contribution in [0, 0.1) is 11.3 Å². The molecule has 0 aromatic carbocycles. The van der Waals surface area contributed by atoms with Crippen LogP contribution in [0.3, 0.4) is 0 Å². The highest BCUT2D eigenvalue weighted by Crippen LogP contribution is 2.34. The van der Waals surface area contributed by atoms with Crippen LogP contribution in [0.5, 0.6) is 0 Å². The van der Waals surface area contributed by atoms with Crippen molar-refractivity contribution in [1.82, 2.24) is 4.90 Å². The molecule has 1 heterocycles. The van der Waals surface area contributed by atoms with Crippen molar-refractivity contribution in [3.8, 4) is 0 Å². The minimum atomic E-state index is -0.0885. The van der Waals surface area contributed by atoms with E-state index in [9.17, 15) is 0 Å². The van der Waals surface area contributed by atoms with Crippen molar-refractivity contribution in [3.05, 3.63) is 0 Å². The second-order valence-electron chi connectivity index (χ2n) is 5.29. The molecule has 0 amide bonds. The van der Waals surface area contributed by atoms with Crippen molar-refractivity contribution in [1.29, 1.82) is 0 Å². The first-order valence-electron chi connectivity index (χ1n) is 5.84. The minimum absolute atomic E-state index is 0.0885. The summed E-state index contributed by atoms with van der Waals surface area (Å²) in [7, 11) is 0. The summed E-state index contributed by atoms with van der Waals surface area (Å²) in [4.78, 5) is 2.52. The molecule has 1 saturated carbocycles. The summed E-state index contributed by atoms with van der Waals surface area (Å²) in [6.07, 6.45) is 4.84. The zero-order chi connectivity index (χ0) is 10.9. The van der Waals surface area contributed by atoms with E-state index in [0.717, 1.165) is 31.8 Å². The lowest BCUT2D eigenvalue weighted by atomic mass is 9.79. The summed E-state index contributed by atoms with van der Waals surface area (Å²) < 4.78 is 0. The van der Waals surface area contributed by atoms with Gasteiger partial charge in [-0.05, 0) is 44.7 Å². The van der Waals surface area contributed by atoms with E-state index in [4.69, 9.17) is 10.9 Å². The third-order valence-corrected chi connectivity index (χ3v) is 3.90. The van der Waals surface area contributed by atoms with E-state index in [1.54, 1.807) is 0 Å². The Morgan fingerprint density at radius 2 is 2.07 bits per heavy atom. The van der Waals surface area contributed by atoms with Gasteiger partial charge in [0.2, 0.25) is 0 Å². The molecule has 1 aliphatic carbocycles. The molecule has 2 aliphatic rings. The molecule has 0 bridgehead atoms. The number of hydrogen-bond acceptors (Lipinski definition) is 3. The Hall–Kier alpha value is -0.770. The van der Waals surface area contributed by atoms with E-state index < -0.39 is 0 Å². The second kappa shape index (κ2) is 4.00. The Morgan fingerprint density at radius 3 is 2.53 bits per heavy atom. The van der Waals surface area contributed by atoms with E-state index in [-0.39, 0.29) is 5.41 Å². The molecule has 0 atom stereocenters. The van der Waals surface area contributed by atoms with Gasteiger partial charge < -0.3 is 15.8 Å². The SMILES string of the molecule is CC1(C(N)=NO)CCN(CC2CC2)CC1. The van der Waals surface area contributed by atoms with Crippen molar-refractivity contribution in [2.45, 2.75) is 32.6 Å². The topological polar surface area (TPSA) is 61.9 Å². The fourth-order valence-corrected chi connectivity index (χ4v) is 2.27. The molecule has 2 fully saturated rings. The number of nitrogens with zero attached hydrogens (tertiary/aromatic N) is 2. The highest BCUT2D eigenvalue weighted by Gasteiger charge is 2.35. The van der Waals surface area contributed by atoms with Gasteiger partial charge in [0.15, 0.2) is 0 Å². The average Bonchev–Trinajstić information content (AvgIpc) is 3.04. The van der Waals surface area contributed by atoms with Gasteiger partial charge in [-0.2, -0.15) is 0 Å². The predicted molar refractivity (Wildman–Crippen MR) is 59.9 cm³/mol. The van der Waals surface area contributed by atoms with Crippen molar-refractivity contribution < 1.29 is 5.21 Å². The first kappa shape index (κ1) is 10.7. The van der Waals surface area contributed by atoms with E-state index >= 15 is 0 Å². The van der Waals surface area contributed by atoms with E-state index in [1.807, 2.05) is 0 Å². The maximum atomic E-state index is 8.72. The summed E-state index contributed by atoms with van der Waals surface area (Å²) >= 11 is 0. The lowest BCUT2D eigenvalue weighted by Gasteiger charge is -2.38. The van der Waals surface area contributed by atoms with Gasteiger partial charge in [-0.3, -0.25) is 0 Å². The van der Waals surface area contributed by atoms with Gasteiger partial charge in [0.05, 0.1) is 0 Å². The monoisotopic (exact) mass is 211 g/mol. The minimum Gasteiger partial charge on any atom is -0.409 e. The van der Waals surface area contributed by atoms with Crippen molar-refractivity contribution >= 4 is 5.84 Å². The standard InChI is InChI=1S/C11H21N3O/c1-11(10(12)13-15)4-6-14(7-5-11)8-9-2-3-9/h9,15H,2-8H2,1H3,(H2,12,13). The summed E-state index contributed by atoms with van der Waals surface area (Å²) in [5.74, 6) is 1.35. The summed E-state index contributed by atoms with van der Waals surface area (Å²) in [5, 5.41) is 11.9. The van der Waals surface area contributed by atoms with Gasteiger partial charge in [-0.1, -0.05) is 12.1 Å². The third-order valence-electron chi connectivity index (χ3n) is 3.90. The van der Waals surface area contributed by atoms with Gasteiger partial charge in [0.1, 0.15) is 5.84 Å². The molecule has 0 radical (unpaired) electrons. The quantitative estimate of drug-likeness (QED) is 0.319. The van der Waals surface area contributed by atoms with Gasteiger partial charge in [0, 0.05) is 12.0 Å². The Balaban J connectivity index is 1.84. The van der Waals surface area contributed by atoms with Crippen LogP contribution >= 0.6 is 0 Å². The molecule has 4 heteroatoms. The van der Waals surface area contributed by atoms with E-state index in [0.29, 0.717) is 5.84 Å². The first-order chi connectivity index (χ1) is 7.14.